The maximum Gasteiger partial charge on any atom is 0.224 e. The third-order valence-corrected chi connectivity index (χ3v) is 4.35. The molecule has 3 nitrogen and oxygen atoms in total. The summed E-state index contributed by atoms with van der Waals surface area (Å²) in [7, 11) is 1.66. The van der Waals surface area contributed by atoms with Crippen molar-refractivity contribution in [2.24, 2.45) is 0 Å². The number of hydrogen-bond acceptors (Lipinski definition) is 2. The van der Waals surface area contributed by atoms with E-state index in [4.69, 9.17) is 16.3 Å². The summed E-state index contributed by atoms with van der Waals surface area (Å²) >= 11 is 6.06. The van der Waals surface area contributed by atoms with Crippen LogP contribution in [-0.2, 0) is 11.2 Å². The summed E-state index contributed by atoms with van der Waals surface area (Å²) in [5, 5.41) is 3.59. The Labute approximate surface area is 142 Å². The Hall–Kier alpha value is -2.00. The highest BCUT2D eigenvalue weighted by Crippen LogP contribution is 2.23. The average Bonchev–Trinajstić information content (AvgIpc) is 2.53. The summed E-state index contributed by atoms with van der Waals surface area (Å²) in [5.41, 5.74) is 4.12. The van der Waals surface area contributed by atoms with Crippen LogP contribution in [0.15, 0.2) is 36.4 Å². The lowest BCUT2D eigenvalue weighted by atomic mass is 10.0. The van der Waals surface area contributed by atoms with Crippen molar-refractivity contribution >= 4 is 23.2 Å². The van der Waals surface area contributed by atoms with Crippen LogP contribution in [0.4, 0.5) is 5.69 Å². The van der Waals surface area contributed by atoms with Crippen molar-refractivity contribution in [3.05, 3.63) is 58.1 Å². The van der Waals surface area contributed by atoms with E-state index in [9.17, 15) is 4.79 Å². The number of carbonyl (C=O) groups is 1. The normalized spacial score (nSPS) is 10.4. The number of halogens is 1. The van der Waals surface area contributed by atoms with Gasteiger partial charge in [-0.05, 0) is 67.6 Å². The Kier molecular flexibility index (Phi) is 6.05. The second-order valence-corrected chi connectivity index (χ2v) is 6.01. The standard InChI is InChI=1S/C19H22ClNO2/c1-13-12-16(23-3)11-10-15(13)6-4-9-19(22)21-18-8-5-7-17(20)14(18)2/h5,7-8,10-12H,4,6,9H2,1-3H3,(H,21,22). The topological polar surface area (TPSA) is 38.3 Å². The van der Waals surface area contributed by atoms with Crippen LogP contribution in [0.2, 0.25) is 5.02 Å². The van der Waals surface area contributed by atoms with E-state index in [0.717, 1.165) is 29.8 Å². The Morgan fingerprint density at radius 3 is 2.70 bits per heavy atom. The molecule has 0 aromatic heterocycles. The molecule has 1 amide bonds. The highest BCUT2D eigenvalue weighted by molar-refractivity contribution is 6.31. The summed E-state index contributed by atoms with van der Waals surface area (Å²) in [6, 6.07) is 11.6. The average molecular weight is 332 g/mol. The van der Waals surface area contributed by atoms with Crippen molar-refractivity contribution in [1.82, 2.24) is 0 Å². The fourth-order valence-corrected chi connectivity index (χ4v) is 2.65. The van der Waals surface area contributed by atoms with Crippen LogP contribution in [0.5, 0.6) is 5.75 Å². The fraction of sp³-hybridized carbons (Fsp3) is 0.316. The van der Waals surface area contributed by atoms with E-state index in [2.05, 4.69) is 18.3 Å². The van der Waals surface area contributed by atoms with E-state index in [-0.39, 0.29) is 5.91 Å². The number of anilines is 1. The third-order valence-electron chi connectivity index (χ3n) is 3.94. The Morgan fingerprint density at radius 1 is 1.22 bits per heavy atom. The largest absolute Gasteiger partial charge is 0.497 e. The molecule has 0 unspecified atom stereocenters. The molecular formula is C19H22ClNO2. The minimum Gasteiger partial charge on any atom is -0.497 e. The molecule has 0 saturated carbocycles. The first-order valence-electron chi connectivity index (χ1n) is 7.69. The van der Waals surface area contributed by atoms with Gasteiger partial charge in [0.2, 0.25) is 5.91 Å². The third kappa shape index (κ3) is 4.73. The van der Waals surface area contributed by atoms with Gasteiger partial charge in [0.25, 0.3) is 0 Å². The van der Waals surface area contributed by atoms with Gasteiger partial charge in [-0.2, -0.15) is 0 Å². The lowest BCUT2D eigenvalue weighted by Gasteiger charge is -2.10. The van der Waals surface area contributed by atoms with Crippen molar-refractivity contribution in [2.75, 3.05) is 12.4 Å². The van der Waals surface area contributed by atoms with Crippen LogP contribution in [-0.4, -0.2) is 13.0 Å². The summed E-state index contributed by atoms with van der Waals surface area (Å²) in [6.07, 6.45) is 2.16. The molecule has 0 aliphatic carbocycles. The SMILES string of the molecule is COc1ccc(CCCC(=O)Nc2cccc(Cl)c2C)c(C)c1. The van der Waals surface area contributed by atoms with Gasteiger partial charge in [0, 0.05) is 17.1 Å². The summed E-state index contributed by atoms with van der Waals surface area (Å²) < 4.78 is 5.21. The van der Waals surface area contributed by atoms with Crippen molar-refractivity contribution in [2.45, 2.75) is 33.1 Å². The molecule has 2 aromatic carbocycles. The zero-order valence-corrected chi connectivity index (χ0v) is 14.5. The summed E-state index contributed by atoms with van der Waals surface area (Å²) in [6.45, 7) is 3.96. The number of methoxy groups -OCH3 is 1. The van der Waals surface area contributed by atoms with Gasteiger partial charge in [0.1, 0.15) is 5.75 Å². The van der Waals surface area contributed by atoms with Crippen LogP contribution in [0.1, 0.15) is 29.5 Å². The highest BCUT2D eigenvalue weighted by Gasteiger charge is 2.07. The van der Waals surface area contributed by atoms with E-state index in [0.29, 0.717) is 11.4 Å². The van der Waals surface area contributed by atoms with E-state index in [1.54, 1.807) is 7.11 Å². The molecule has 4 heteroatoms. The lowest BCUT2D eigenvalue weighted by Crippen LogP contribution is -2.12. The van der Waals surface area contributed by atoms with Crippen LogP contribution >= 0.6 is 11.6 Å². The van der Waals surface area contributed by atoms with Gasteiger partial charge in [-0.1, -0.05) is 23.7 Å². The molecule has 122 valence electrons. The number of nitrogens with one attached hydrogen (secondary N) is 1. The number of aryl methyl sites for hydroxylation is 2. The van der Waals surface area contributed by atoms with Crippen LogP contribution < -0.4 is 10.1 Å². The first-order valence-corrected chi connectivity index (χ1v) is 8.07. The fourth-order valence-electron chi connectivity index (χ4n) is 2.47. The smallest absolute Gasteiger partial charge is 0.224 e. The van der Waals surface area contributed by atoms with Gasteiger partial charge < -0.3 is 10.1 Å². The summed E-state index contributed by atoms with van der Waals surface area (Å²) in [4.78, 5) is 12.1. The molecule has 23 heavy (non-hydrogen) atoms. The number of amides is 1. The molecule has 0 bridgehead atoms. The van der Waals surface area contributed by atoms with Crippen LogP contribution in [0.3, 0.4) is 0 Å². The zero-order valence-electron chi connectivity index (χ0n) is 13.8. The highest BCUT2D eigenvalue weighted by atomic mass is 35.5. The van der Waals surface area contributed by atoms with Crippen molar-refractivity contribution < 1.29 is 9.53 Å². The van der Waals surface area contributed by atoms with Gasteiger partial charge in [0.05, 0.1) is 7.11 Å². The molecule has 1 N–H and O–H groups in total. The second kappa shape index (κ2) is 8.02. The van der Waals surface area contributed by atoms with E-state index < -0.39 is 0 Å². The molecule has 0 fully saturated rings. The van der Waals surface area contributed by atoms with E-state index in [1.807, 2.05) is 37.3 Å². The number of benzene rings is 2. The maximum absolute atomic E-state index is 12.1. The van der Waals surface area contributed by atoms with Gasteiger partial charge in [-0.15, -0.1) is 0 Å². The lowest BCUT2D eigenvalue weighted by molar-refractivity contribution is -0.116. The van der Waals surface area contributed by atoms with E-state index in [1.165, 1.54) is 11.1 Å². The molecule has 0 aliphatic rings. The zero-order chi connectivity index (χ0) is 16.8. The summed E-state index contributed by atoms with van der Waals surface area (Å²) in [5.74, 6) is 0.877. The van der Waals surface area contributed by atoms with Crippen molar-refractivity contribution in [3.8, 4) is 5.75 Å². The molecule has 2 aromatic rings. The molecule has 0 aliphatic heterocycles. The number of hydrogen-bond donors (Lipinski definition) is 1. The van der Waals surface area contributed by atoms with Crippen LogP contribution in [0, 0.1) is 13.8 Å². The molecule has 0 heterocycles. The number of carbonyl (C=O) groups excluding carboxylic acids is 1. The van der Waals surface area contributed by atoms with Crippen LogP contribution in [0.25, 0.3) is 0 Å². The molecule has 0 atom stereocenters. The second-order valence-electron chi connectivity index (χ2n) is 5.61. The first kappa shape index (κ1) is 17.4. The molecule has 0 saturated heterocycles. The van der Waals surface area contributed by atoms with Gasteiger partial charge >= 0.3 is 0 Å². The minimum absolute atomic E-state index is 0.0153. The Morgan fingerprint density at radius 2 is 2.00 bits per heavy atom. The Balaban J connectivity index is 1.86. The molecular weight excluding hydrogens is 310 g/mol. The molecule has 2 rings (SSSR count). The minimum atomic E-state index is 0.0153. The predicted molar refractivity (Wildman–Crippen MR) is 95.5 cm³/mol. The van der Waals surface area contributed by atoms with Gasteiger partial charge in [-0.3, -0.25) is 4.79 Å². The molecule has 0 radical (unpaired) electrons. The van der Waals surface area contributed by atoms with Gasteiger partial charge in [0.15, 0.2) is 0 Å². The van der Waals surface area contributed by atoms with Crippen molar-refractivity contribution in [1.29, 1.82) is 0 Å². The molecule has 0 spiro atoms. The maximum atomic E-state index is 12.1. The van der Waals surface area contributed by atoms with Gasteiger partial charge in [-0.25, -0.2) is 0 Å². The monoisotopic (exact) mass is 331 g/mol. The Bertz CT molecular complexity index is 698. The predicted octanol–water partition coefficient (Wildman–Crippen LogP) is 4.93. The number of rotatable bonds is 6. The number of ether oxygens (including phenoxy) is 1. The first-order chi connectivity index (χ1) is 11.0. The quantitative estimate of drug-likeness (QED) is 0.815. The van der Waals surface area contributed by atoms with Crippen molar-refractivity contribution in [3.63, 3.8) is 0 Å². The van der Waals surface area contributed by atoms with E-state index >= 15 is 0 Å².